The van der Waals surface area contributed by atoms with E-state index in [1.165, 1.54) is 0 Å². The molecule has 4 heteroatoms. The predicted molar refractivity (Wildman–Crippen MR) is 77.0 cm³/mol. The fraction of sp³-hybridized carbons (Fsp3) is 0.500. The smallest absolute Gasteiger partial charge is 0.253 e. The van der Waals surface area contributed by atoms with E-state index in [4.69, 9.17) is 5.73 Å². The van der Waals surface area contributed by atoms with Crippen molar-refractivity contribution in [1.82, 2.24) is 4.90 Å². The second-order valence-corrected chi connectivity index (χ2v) is 4.84. The molecule has 1 aromatic rings. The Hall–Kier alpha value is -1.71. The van der Waals surface area contributed by atoms with Crippen LogP contribution >= 0.6 is 0 Å². The molecular formula is C14H23N3O. The standard InChI is InChI=1S/C14H23N3O/c1-6-10(2)17(5)13-9-11(7-8-12(13)15)14(18)16(3)4/h7-10H,6,15H2,1-5H3. The molecule has 0 aliphatic heterocycles. The minimum Gasteiger partial charge on any atom is -0.397 e. The van der Waals surface area contributed by atoms with E-state index >= 15 is 0 Å². The van der Waals surface area contributed by atoms with Crippen molar-refractivity contribution in [3.63, 3.8) is 0 Å². The number of carbonyl (C=O) groups is 1. The number of nitrogens with two attached hydrogens (primary N) is 1. The lowest BCUT2D eigenvalue weighted by Gasteiger charge is -2.28. The van der Waals surface area contributed by atoms with Crippen LogP contribution in [0.3, 0.4) is 0 Å². The Labute approximate surface area is 109 Å². The monoisotopic (exact) mass is 249 g/mol. The Morgan fingerprint density at radius 1 is 1.33 bits per heavy atom. The number of carbonyl (C=O) groups excluding carboxylic acids is 1. The summed E-state index contributed by atoms with van der Waals surface area (Å²) in [5, 5.41) is 0. The first-order valence-corrected chi connectivity index (χ1v) is 6.22. The minimum atomic E-state index is -0.00574. The lowest BCUT2D eigenvalue weighted by molar-refractivity contribution is 0.0827. The Balaban J connectivity index is 3.12. The number of hydrogen-bond acceptors (Lipinski definition) is 3. The van der Waals surface area contributed by atoms with Crippen molar-refractivity contribution in [1.29, 1.82) is 0 Å². The highest BCUT2D eigenvalue weighted by atomic mass is 16.2. The molecule has 18 heavy (non-hydrogen) atoms. The second-order valence-electron chi connectivity index (χ2n) is 4.84. The van der Waals surface area contributed by atoms with Crippen molar-refractivity contribution in [2.24, 2.45) is 0 Å². The van der Waals surface area contributed by atoms with Crippen LogP contribution in [0.15, 0.2) is 18.2 Å². The lowest BCUT2D eigenvalue weighted by atomic mass is 10.1. The molecule has 100 valence electrons. The van der Waals surface area contributed by atoms with Crippen molar-refractivity contribution >= 4 is 17.3 Å². The summed E-state index contributed by atoms with van der Waals surface area (Å²) in [5.74, 6) is -0.00574. The summed E-state index contributed by atoms with van der Waals surface area (Å²) in [6, 6.07) is 5.82. The third-order valence-corrected chi connectivity index (χ3v) is 3.32. The summed E-state index contributed by atoms with van der Waals surface area (Å²) in [7, 11) is 5.50. The van der Waals surface area contributed by atoms with Crippen LogP contribution in [0.5, 0.6) is 0 Å². The Morgan fingerprint density at radius 2 is 1.94 bits per heavy atom. The molecular weight excluding hydrogens is 226 g/mol. The first kappa shape index (κ1) is 14.4. The zero-order valence-electron chi connectivity index (χ0n) is 11.9. The van der Waals surface area contributed by atoms with Crippen molar-refractivity contribution in [2.45, 2.75) is 26.3 Å². The second kappa shape index (κ2) is 5.76. The van der Waals surface area contributed by atoms with Crippen LogP contribution < -0.4 is 10.6 Å². The average Bonchev–Trinajstić information content (AvgIpc) is 2.36. The fourth-order valence-corrected chi connectivity index (χ4v) is 1.75. The fourth-order valence-electron chi connectivity index (χ4n) is 1.75. The van der Waals surface area contributed by atoms with Crippen LogP contribution in [0.25, 0.3) is 0 Å². The van der Waals surface area contributed by atoms with Crippen molar-refractivity contribution < 1.29 is 4.79 Å². The maximum absolute atomic E-state index is 11.9. The quantitative estimate of drug-likeness (QED) is 0.832. The molecule has 1 rings (SSSR count). The molecule has 0 spiro atoms. The maximum Gasteiger partial charge on any atom is 0.253 e. The summed E-state index contributed by atoms with van der Waals surface area (Å²) in [4.78, 5) is 15.6. The van der Waals surface area contributed by atoms with Gasteiger partial charge in [0.1, 0.15) is 0 Å². The molecule has 1 amide bonds. The SMILES string of the molecule is CCC(C)N(C)c1cc(C(=O)N(C)C)ccc1N. The Morgan fingerprint density at radius 3 is 2.44 bits per heavy atom. The van der Waals surface area contributed by atoms with E-state index in [1.54, 1.807) is 31.1 Å². The summed E-state index contributed by atoms with van der Waals surface area (Å²) in [6.07, 6.45) is 1.03. The molecule has 0 aromatic heterocycles. The molecule has 0 fully saturated rings. The summed E-state index contributed by atoms with van der Waals surface area (Å²) in [6.45, 7) is 4.27. The van der Waals surface area contributed by atoms with Crippen molar-refractivity contribution in [3.8, 4) is 0 Å². The number of nitrogen functional groups attached to an aromatic ring is 1. The number of hydrogen-bond donors (Lipinski definition) is 1. The van der Waals surface area contributed by atoms with Gasteiger partial charge in [-0.25, -0.2) is 0 Å². The van der Waals surface area contributed by atoms with Crippen LogP contribution in [0.2, 0.25) is 0 Å². The largest absolute Gasteiger partial charge is 0.397 e. The van der Waals surface area contributed by atoms with E-state index in [0.29, 0.717) is 17.3 Å². The van der Waals surface area contributed by atoms with Gasteiger partial charge in [-0.05, 0) is 31.5 Å². The molecule has 4 nitrogen and oxygen atoms in total. The van der Waals surface area contributed by atoms with Gasteiger partial charge < -0.3 is 15.5 Å². The maximum atomic E-state index is 11.9. The Bertz CT molecular complexity index is 429. The van der Waals surface area contributed by atoms with E-state index in [0.717, 1.165) is 12.1 Å². The summed E-state index contributed by atoms with van der Waals surface area (Å²) < 4.78 is 0. The third kappa shape index (κ3) is 2.94. The van der Waals surface area contributed by atoms with E-state index < -0.39 is 0 Å². The molecule has 0 bridgehead atoms. The van der Waals surface area contributed by atoms with Crippen LogP contribution in [-0.2, 0) is 0 Å². The van der Waals surface area contributed by atoms with Crippen LogP contribution in [0, 0.1) is 0 Å². The van der Waals surface area contributed by atoms with Crippen molar-refractivity contribution in [3.05, 3.63) is 23.8 Å². The molecule has 0 radical (unpaired) electrons. The number of nitrogens with zero attached hydrogens (tertiary/aromatic N) is 2. The van der Waals surface area contributed by atoms with Gasteiger partial charge in [-0.1, -0.05) is 6.92 Å². The van der Waals surface area contributed by atoms with E-state index in [1.807, 2.05) is 13.1 Å². The molecule has 0 aliphatic rings. The van der Waals surface area contributed by atoms with Gasteiger partial charge in [-0.15, -0.1) is 0 Å². The third-order valence-electron chi connectivity index (χ3n) is 3.32. The van der Waals surface area contributed by atoms with Gasteiger partial charge in [-0.2, -0.15) is 0 Å². The van der Waals surface area contributed by atoms with Gasteiger partial charge in [0.2, 0.25) is 0 Å². The molecule has 0 aliphatic carbocycles. The molecule has 0 heterocycles. The summed E-state index contributed by atoms with van der Waals surface area (Å²) in [5.41, 5.74) is 8.27. The lowest BCUT2D eigenvalue weighted by Crippen LogP contribution is -2.29. The highest BCUT2D eigenvalue weighted by Gasteiger charge is 2.15. The Kier molecular flexibility index (Phi) is 4.59. The average molecular weight is 249 g/mol. The molecule has 1 unspecified atom stereocenters. The molecule has 0 saturated carbocycles. The van der Waals surface area contributed by atoms with Crippen LogP contribution in [0.1, 0.15) is 30.6 Å². The van der Waals surface area contributed by atoms with Gasteiger partial charge in [-0.3, -0.25) is 4.79 Å². The number of amides is 1. The molecule has 0 saturated heterocycles. The van der Waals surface area contributed by atoms with E-state index in [9.17, 15) is 4.79 Å². The van der Waals surface area contributed by atoms with Gasteiger partial charge >= 0.3 is 0 Å². The van der Waals surface area contributed by atoms with E-state index in [-0.39, 0.29) is 5.91 Å². The van der Waals surface area contributed by atoms with Crippen molar-refractivity contribution in [2.75, 3.05) is 31.8 Å². The van der Waals surface area contributed by atoms with Crippen LogP contribution in [-0.4, -0.2) is 38.0 Å². The van der Waals surface area contributed by atoms with Gasteiger partial charge in [0.05, 0.1) is 11.4 Å². The first-order valence-electron chi connectivity index (χ1n) is 6.22. The predicted octanol–water partition coefficient (Wildman–Crippen LogP) is 2.21. The normalized spacial score (nSPS) is 12.1. The van der Waals surface area contributed by atoms with Crippen LogP contribution in [0.4, 0.5) is 11.4 Å². The molecule has 1 atom stereocenters. The number of rotatable bonds is 4. The number of benzene rings is 1. The zero-order valence-corrected chi connectivity index (χ0v) is 11.9. The minimum absolute atomic E-state index is 0.00574. The van der Waals surface area contributed by atoms with Gasteiger partial charge in [0.25, 0.3) is 5.91 Å². The highest BCUT2D eigenvalue weighted by molar-refractivity contribution is 5.96. The topological polar surface area (TPSA) is 49.6 Å². The van der Waals surface area contributed by atoms with Gasteiger partial charge in [0.15, 0.2) is 0 Å². The number of anilines is 2. The molecule has 2 N–H and O–H groups in total. The molecule has 1 aromatic carbocycles. The zero-order chi connectivity index (χ0) is 13.9. The summed E-state index contributed by atoms with van der Waals surface area (Å²) >= 11 is 0. The van der Waals surface area contributed by atoms with Gasteiger partial charge in [0, 0.05) is 32.7 Å². The first-order chi connectivity index (χ1) is 8.38. The van der Waals surface area contributed by atoms with E-state index in [2.05, 4.69) is 18.7 Å². The highest BCUT2D eigenvalue weighted by Crippen LogP contribution is 2.26.